The third-order valence-corrected chi connectivity index (χ3v) is 4.78. The topological polar surface area (TPSA) is 45.4 Å². The number of anilines is 1. The number of nitrogens with two attached hydrogens (primary N) is 1. The summed E-state index contributed by atoms with van der Waals surface area (Å²) in [4.78, 5) is 4.97. The highest BCUT2D eigenvalue weighted by Gasteiger charge is 2.20. The van der Waals surface area contributed by atoms with E-state index in [1.54, 1.807) is 11.5 Å². The minimum atomic E-state index is 0.810. The van der Waals surface area contributed by atoms with E-state index >= 15 is 0 Å². The summed E-state index contributed by atoms with van der Waals surface area (Å²) in [5, 5.41) is 1.30. The Morgan fingerprint density at radius 3 is 2.70 bits per heavy atom. The van der Waals surface area contributed by atoms with Crippen LogP contribution < -0.4 is 10.6 Å². The van der Waals surface area contributed by atoms with Crippen LogP contribution in [0.15, 0.2) is 24.3 Å². The number of hydrogen-bond acceptors (Lipinski definition) is 5. The average molecular weight is 290 g/mol. The van der Waals surface area contributed by atoms with Crippen molar-refractivity contribution in [3.63, 3.8) is 0 Å². The van der Waals surface area contributed by atoms with Crippen molar-refractivity contribution < 1.29 is 0 Å². The molecule has 0 radical (unpaired) electrons. The van der Waals surface area contributed by atoms with E-state index in [0.717, 1.165) is 39.1 Å². The zero-order valence-corrected chi connectivity index (χ0v) is 12.6. The maximum atomic E-state index is 5.55. The van der Waals surface area contributed by atoms with Gasteiger partial charge >= 0.3 is 0 Å². The molecule has 0 atom stereocenters. The Bertz CT molecular complexity index is 546. The van der Waals surface area contributed by atoms with Crippen molar-refractivity contribution in [2.75, 3.05) is 44.2 Å². The fraction of sp³-hybridized carbons (Fsp3) is 0.533. The Kier molecular flexibility index (Phi) is 4.50. The Morgan fingerprint density at radius 1 is 1.10 bits per heavy atom. The number of benzene rings is 1. The maximum Gasteiger partial charge on any atom is 0.150 e. The standard InChI is InChI=1S/C15H22N4S/c16-7-3-4-8-18-9-11-19(12-10-18)15-13-5-1-2-6-14(13)20-17-15/h1-2,5-6H,3-4,7-12,16H2. The van der Waals surface area contributed by atoms with E-state index < -0.39 is 0 Å². The Balaban J connectivity index is 1.60. The number of hydrogen-bond donors (Lipinski definition) is 1. The van der Waals surface area contributed by atoms with Gasteiger partial charge in [0.1, 0.15) is 5.82 Å². The predicted octanol–water partition coefficient (Wildman–Crippen LogP) is 2.16. The fourth-order valence-corrected chi connectivity index (χ4v) is 3.56. The first-order valence-corrected chi connectivity index (χ1v) is 8.17. The molecular weight excluding hydrogens is 268 g/mol. The lowest BCUT2D eigenvalue weighted by Crippen LogP contribution is -2.46. The summed E-state index contributed by atoms with van der Waals surface area (Å²) in [6.07, 6.45) is 2.35. The minimum absolute atomic E-state index is 0.810. The monoisotopic (exact) mass is 290 g/mol. The molecule has 108 valence electrons. The largest absolute Gasteiger partial charge is 0.353 e. The second-order valence-corrected chi connectivity index (χ2v) is 6.13. The van der Waals surface area contributed by atoms with Gasteiger partial charge in [-0.1, -0.05) is 12.1 Å². The van der Waals surface area contributed by atoms with E-state index in [9.17, 15) is 0 Å². The van der Waals surface area contributed by atoms with Crippen LogP contribution in [0.5, 0.6) is 0 Å². The lowest BCUT2D eigenvalue weighted by Gasteiger charge is -2.35. The van der Waals surface area contributed by atoms with Crippen LogP contribution in [0.2, 0.25) is 0 Å². The molecule has 0 amide bonds. The van der Waals surface area contributed by atoms with Crippen molar-refractivity contribution in [3.05, 3.63) is 24.3 Å². The zero-order valence-electron chi connectivity index (χ0n) is 11.8. The smallest absolute Gasteiger partial charge is 0.150 e. The molecule has 2 N–H and O–H groups in total. The molecule has 1 fully saturated rings. The molecule has 2 aromatic rings. The molecule has 0 bridgehead atoms. The van der Waals surface area contributed by atoms with Crippen LogP contribution >= 0.6 is 11.5 Å². The molecule has 0 aliphatic carbocycles. The number of unbranched alkanes of at least 4 members (excludes halogenated alkanes) is 1. The Hall–Kier alpha value is -1.17. The molecule has 1 aromatic carbocycles. The first-order valence-electron chi connectivity index (χ1n) is 7.40. The number of aromatic nitrogens is 1. The predicted molar refractivity (Wildman–Crippen MR) is 86.6 cm³/mol. The van der Waals surface area contributed by atoms with Crippen molar-refractivity contribution in [2.45, 2.75) is 12.8 Å². The summed E-state index contributed by atoms with van der Waals surface area (Å²) in [5.41, 5.74) is 5.55. The molecule has 1 aliphatic heterocycles. The van der Waals surface area contributed by atoms with E-state index in [-0.39, 0.29) is 0 Å². The summed E-state index contributed by atoms with van der Waals surface area (Å²) < 4.78 is 5.94. The summed E-state index contributed by atoms with van der Waals surface area (Å²) in [6, 6.07) is 8.52. The van der Waals surface area contributed by atoms with Crippen molar-refractivity contribution >= 4 is 27.4 Å². The Labute approximate surface area is 124 Å². The zero-order chi connectivity index (χ0) is 13.8. The minimum Gasteiger partial charge on any atom is -0.353 e. The molecule has 0 unspecified atom stereocenters. The van der Waals surface area contributed by atoms with Gasteiger partial charge in [-0.05, 0) is 49.6 Å². The van der Waals surface area contributed by atoms with Crippen LogP contribution in [0.25, 0.3) is 10.1 Å². The summed E-state index contributed by atoms with van der Waals surface area (Å²) in [7, 11) is 0. The van der Waals surface area contributed by atoms with Crippen LogP contribution in [-0.4, -0.2) is 48.5 Å². The van der Waals surface area contributed by atoms with Gasteiger partial charge in [0.15, 0.2) is 0 Å². The molecule has 1 aliphatic rings. The third kappa shape index (κ3) is 2.95. The Morgan fingerprint density at radius 2 is 1.90 bits per heavy atom. The van der Waals surface area contributed by atoms with E-state index in [1.165, 1.54) is 28.9 Å². The first kappa shape index (κ1) is 13.8. The lowest BCUT2D eigenvalue weighted by molar-refractivity contribution is 0.253. The number of rotatable bonds is 5. The van der Waals surface area contributed by atoms with Gasteiger partial charge in [-0.15, -0.1) is 0 Å². The summed E-state index contributed by atoms with van der Waals surface area (Å²) in [5.74, 6) is 1.17. The van der Waals surface area contributed by atoms with Crippen molar-refractivity contribution in [1.29, 1.82) is 0 Å². The van der Waals surface area contributed by atoms with E-state index in [4.69, 9.17) is 5.73 Å². The van der Waals surface area contributed by atoms with E-state index in [1.807, 2.05) is 0 Å². The molecule has 4 nitrogen and oxygen atoms in total. The number of piperazine rings is 1. The number of nitrogens with zero attached hydrogens (tertiary/aromatic N) is 3. The molecule has 20 heavy (non-hydrogen) atoms. The molecule has 2 heterocycles. The van der Waals surface area contributed by atoms with Crippen LogP contribution in [0, 0.1) is 0 Å². The molecule has 5 heteroatoms. The fourth-order valence-electron chi connectivity index (χ4n) is 2.76. The van der Waals surface area contributed by atoms with Gasteiger partial charge in [-0.25, -0.2) is 0 Å². The lowest BCUT2D eigenvalue weighted by atomic mass is 10.2. The average Bonchev–Trinajstić information content (AvgIpc) is 2.92. The second kappa shape index (κ2) is 6.52. The van der Waals surface area contributed by atoms with Crippen molar-refractivity contribution in [1.82, 2.24) is 9.27 Å². The van der Waals surface area contributed by atoms with Gasteiger partial charge in [-0.2, -0.15) is 4.37 Å². The van der Waals surface area contributed by atoms with Crippen LogP contribution in [0.3, 0.4) is 0 Å². The molecule has 0 saturated carbocycles. The van der Waals surface area contributed by atoms with Gasteiger partial charge in [0.05, 0.1) is 4.70 Å². The van der Waals surface area contributed by atoms with Gasteiger partial charge in [-0.3, -0.25) is 4.90 Å². The van der Waals surface area contributed by atoms with Crippen LogP contribution in [-0.2, 0) is 0 Å². The molecule has 1 aromatic heterocycles. The normalized spacial score (nSPS) is 16.9. The van der Waals surface area contributed by atoms with E-state index in [2.05, 4.69) is 38.4 Å². The SMILES string of the molecule is NCCCCN1CCN(c2nsc3ccccc23)CC1. The molecule has 3 rings (SSSR count). The highest BCUT2D eigenvalue weighted by Crippen LogP contribution is 2.29. The van der Waals surface area contributed by atoms with Crippen molar-refractivity contribution in [3.8, 4) is 0 Å². The van der Waals surface area contributed by atoms with Crippen molar-refractivity contribution in [2.24, 2.45) is 5.73 Å². The molecule has 1 saturated heterocycles. The summed E-state index contributed by atoms with van der Waals surface area (Å²) >= 11 is 1.61. The second-order valence-electron chi connectivity index (χ2n) is 5.33. The number of fused-ring (bicyclic) bond motifs is 1. The van der Waals surface area contributed by atoms with Gasteiger partial charge in [0.2, 0.25) is 0 Å². The molecule has 0 spiro atoms. The van der Waals surface area contributed by atoms with E-state index in [0.29, 0.717) is 0 Å². The highest BCUT2D eigenvalue weighted by molar-refractivity contribution is 7.13. The quantitative estimate of drug-likeness (QED) is 0.857. The summed E-state index contributed by atoms with van der Waals surface area (Å²) in [6.45, 7) is 6.42. The van der Waals surface area contributed by atoms with Gasteiger partial charge < -0.3 is 10.6 Å². The van der Waals surface area contributed by atoms with Gasteiger partial charge in [0.25, 0.3) is 0 Å². The highest BCUT2D eigenvalue weighted by atomic mass is 32.1. The molecular formula is C15H22N4S. The maximum absolute atomic E-state index is 5.55. The third-order valence-electron chi connectivity index (χ3n) is 3.96. The first-order chi connectivity index (χ1) is 9.88. The van der Waals surface area contributed by atoms with Crippen LogP contribution in [0.1, 0.15) is 12.8 Å². The van der Waals surface area contributed by atoms with Crippen LogP contribution in [0.4, 0.5) is 5.82 Å². The van der Waals surface area contributed by atoms with Gasteiger partial charge in [0, 0.05) is 31.6 Å².